The number of ether oxygens (including phenoxy) is 4. The molecule has 11 heteroatoms. The summed E-state index contributed by atoms with van der Waals surface area (Å²) in [6.07, 6.45) is 4.23. The number of phenols is 2. The standard InChI is InChI=1S/C37H43N3O8/c1-5-7-14-29(47-24(3)41)22-45-27-16-18-31(33(43)20-27)36-38-35(26-12-10-9-11-13-26)39-37(40-36)32-19-17-28(21-34(32)44)46-23-30(15-8-6-2)48-25(4)42/h9-13,16-21,29-30,43-44H,5-8,14-15,22-23H2,1-4H3. The maximum atomic E-state index is 11.5. The minimum absolute atomic E-state index is 0.125. The molecule has 2 unspecified atom stereocenters. The highest BCUT2D eigenvalue weighted by Crippen LogP contribution is 2.35. The van der Waals surface area contributed by atoms with Crippen LogP contribution in [0.1, 0.15) is 66.2 Å². The van der Waals surface area contributed by atoms with Crippen molar-refractivity contribution in [2.45, 2.75) is 78.4 Å². The molecule has 0 spiro atoms. The van der Waals surface area contributed by atoms with E-state index in [1.54, 1.807) is 24.3 Å². The van der Waals surface area contributed by atoms with E-state index < -0.39 is 12.2 Å². The van der Waals surface area contributed by atoms with E-state index in [9.17, 15) is 19.8 Å². The van der Waals surface area contributed by atoms with Crippen molar-refractivity contribution in [2.24, 2.45) is 0 Å². The first-order valence-electron chi connectivity index (χ1n) is 16.2. The maximum Gasteiger partial charge on any atom is 0.303 e. The summed E-state index contributed by atoms with van der Waals surface area (Å²) in [7, 11) is 0. The van der Waals surface area contributed by atoms with Crippen LogP contribution < -0.4 is 9.47 Å². The normalized spacial score (nSPS) is 12.2. The first-order valence-corrected chi connectivity index (χ1v) is 16.2. The number of nitrogens with zero attached hydrogens (tertiary/aromatic N) is 3. The van der Waals surface area contributed by atoms with Gasteiger partial charge in [-0.25, -0.2) is 15.0 Å². The van der Waals surface area contributed by atoms with Crippen LogP contribution in [-0.4, -0.2) is 62.5 Å². The Hall–Kier alpha value is -5.19. The average molecular weight is 658 g/mol. The molecule has 3 aromatic carbocycles. The van der Waals surface area contributed by atoms with Gasteiger partial charge in [0.1, 0.15) is 48.4 Å². The fourth-order valence-electron chi connectivity index (χ4n) is 4.98. The number of unbranched alkanes of at least 4 members (excludes halogenated alkanes) is 2. The fourth-order valence-corrected chi connectivity index (χ4v) is 4.98. The highest BCUT2D eigenvalue weighted by atomic mass is 16.6. The van der Waals surface area contributed by atoms with E-state index in [0.717, 1.165) is 25.7 Å². The van der Waals surface area contributed by atoms with Crippen LogP contribution in [0.5, 0.6) is 23.0 Å². The Morgan fingerprint density at radius 1 is 0.646 bits per heavy atom. The van der Waals surface area contributed by atoms with Crippen LogP contribution in [0.2, 0.25) is 0 Å². The van der Waals surface area contributed by atoms with Gasteiger partial charge in [-0.05, 0) is 49.9 Å². The number of hydrogen-bond acceptors (Lipinski definition) is 11. The number of benzene rings is 3. The predicted molar refractivity (Wildman–Crippen MR) is 181 cm³/mol. The summed E-state index contributed by atoms with van der Waals surface area (Å²) in [6, 6.07) is 18.9. The third kappa shape index (κ3) is 10.4. The number of carbonyl (C=O) groups excluding carboxylic acids is 2. The third-order valence-corrected chi connectivity index (χ3v) is 7.38. The van der Waals surface area contributed by atoms with Crippen LogP contribution in [0.3, 0.4) is 0 Å². The SMILES string of the molecule is CCCCC(COc1ccc(-c2nc(-c3ccccc3)nc(-c3ccc(OCC(CCCC)OC(C)=O)cc3O)n2)c(O)c1)OC(C)=O. The van der Waals surface area contributed by atoms with E-state index in [1.165, 1.54) is 26.0 Å². The van der Waals surface area contributed by atoms with Gasteiger partial charge in [-0.2, -0.15) is 0 Å². The van der Waals surface area contributed by atoms with Crippen molar-refractivity contribution in [3.05, 3.63) is 66.7 Å². The highest BCUT2D eigenvalue weighted by molar-refractivity contribution is 5.73. The monoisotopic (exact) mass is 657 g/mol. The number of carbonyl (C=O) groups is 2. The van der Waals surface area contributed by atoms with Gasteiger partial charge < -0.3 is 29.2 Å². The molecule has 1 heterocycles. The van der Waals surface area contributed by atoms with Crippen molar-refractivity contribution in [2.75, 3.05) is 13.2 Å². The second-order valence-corrected chi connectivity index (χ2v) is 11.4. The first-order chi connectivity index (χ1) is 23.2. The number of phenolic OH excluding ortho intramolecular Hbond substituents is 2. The topological polar surface area (TPSA) is 150 Å². The van der Waals surface area contributed by atoms with E-state index >= 15 is 0 Å². The van der Waals surface area contributed by atoms with Gasteiger partial charge in [0.2, 0.25) is 0 Å². The lowest BCUT2D eigenvalue weighted by atomic mass is 10.1. The Labute approximate surface area is 280 Å². The zero-order valence-electron chi connectivity index (χ0n) is 27.8. The molecule has 0 radical (unpaired) electrons. The zero-order chi connectivity index (χ0) is 34.5. The molecule has 48 heavy (non-hydrogen) atoms. The summed E-state index contributed by atoms with van der Waals surface area (Å²) in [5, 5.41) is 22.1. The fraction of sp³-hybridized carbons (Fsp3) is 0.378. The van der Waals surface area contributed by atoms with Crippen LogP contribution in [0, 0.1) is 0 Å². The van der Waals surface area contributed by atoms with Crippen LogP contribution >= 0.6 is 0 Å². The Morgan fingerprint density at radius 3 is 1.48 bits per heavy atom. The van der Waals surface area contributed by atoms with Crippen molar-refractivity contribution in [3.63, 3.8) is 0 Å². The molecule has 0 saturated carbocycles. The lowest BCUT2D eigenvalue weighted by molar-refractivity contribution is -0.149. The second-order valence-electron chi connectivity index (χ2n) is 11.4. The first kappa shape index (κ1) is 35.7. The Balaban J connectivity index is 1.61. The molecule has 0 saturated heterocycles. The quantitative estimate of drug-likeness (QED) is 0.110. The maximum absolute atomic E-state index is 11.5. The summed E-state index contributed by atoms with van der Waals surface area (Å²) in [6.45, 7) is 7.15. The largest absolute Gasteiger partial charge is 0.507 e. The van der Waals surface area contributed by atoms with Crippen LogP contribution in [0.4, 0.5) is 0 Å². The minimum atomic E-state index is -0.399. The molecular weight excluding hydrogens is 614 g/mol. The molecule has 4 aromatic rings. The molecule has 0 aliphatic carbocycles. The predicted octanol–water partition coefficient (Wildman–Crippen LogP) is 7.29. The van der Waals surface area contributed by atoms with Crippen molar-refractivity contribution >= 4 is 11.9 Å². The van der Waals surface area contributed by atoms with Crippen LogP contribution in [-0.2, 0) is 19.1 Å². The van der Waals surface area contributed by atoms with Gasteiger partial charge in [-0.3, -0.25) is 9.59 Å². The van der Waals surface area contributed by atoms with Gasteiger partial charge in [0.05, 0.1) is 11.1 Å². The molecule has 0 bridgehead atoms. The molecule has 254 valence electrons. The Bertz CT molecular complexity index is 1560. The van der Waals surface area contributed by atoms with E-state index in [2.05, 4.69) is 28.8 Å². The van der Waals surface area contributed by atoms with Crippen LogP contribution in [0.25, 0.3) is 34.2 Å². The number of aromatic hydroxyl groups is 2. The molecule has 0 fully saturated rings. The van der Waals surface area contributed by atoms with E-state index in [0.29, 0.717) is 46.9 Å². The molecule has 0 amide bonds. The van der Waals surface area contributed by atoms with Crippen molar-refractivity contribution in [1.82, 2.24) is 15.0 Å². The van der Waals surface area contributed by atoms with Crippen molar-refractivity contribution in [3.8, 4) is 57.2 Å². The summed E-state index contributed by atoms with van der Waals surface area (Å²) in [5.41, 5.74) is 1.37. The molecule has 11 nitrogen and oxygen atoms in total. The second kappa shape index (κ2) is 17.7. The summed E-state index contributed by atoms with van der Waals surface area (Å²) < 4.78 is 22.5. The number of rotatable bonds is 17. The van der Waals surface area contributed by atoms with E-state index in [4.69, 9.17) is 18.9 Å². The van der Waals surface area contributed by atoms with Gasteiger partial charge in [0.25, 0.3) is 0 Å². The molecule has 2 atom stereocenters. The van der Waals surface area contributed by atoms with Crippen molar-refractivity contribution in [1.29, 1.82) is 0 Å². The van der Waals surface area contributed by atoms with E-state index in [-0.39, 0.29) is 48.3 Å². The zero-order valence-corrected chi connectivity index (χ0v) is 27.8. The van der Waals surface area contributed by atoms with E-state index in [1.807, 2.05) is 30.3 Å². The molecular formula is C37H43N3O8. The van der Waals surface area contributed by atoms with Gasteiger partial charge in [0, 0.05) is 31.5 Å². The number of esters is 2. The van der Waals surface area contributed by atoms with Crippen molar-refractivity contribution < 1.29 is 38.7 Å². The highest BCUT2D eigenvalue weighted by Gasteiger charge is 2.19. The molecule has 0 aliphatic rings. The minimum Gasteiger partial charge on any atom is -0.507 e. The van der Waals surface area contributed by atoms with Gasteiger partial charge in [-0.15, -0.1) is 0 Å². The summed E-state index contributed by atoms with van der Waals surface area (Å²) in [4.78, 5) is 37.0. The molecule has 2 N–H and O–H groups in total. The number of hydrogen-bond donors (Lipinski definition) is 2. The Morgan fingerprint density at radius 2 is 1.08 bits per heavy atom. The Kier molecular flexibility index (Phi) is 13.1. The summed E-state index contributed by atoms with van der Waals surface area (Å²) >= 11 is 0. The van der Waals surface area contributed by atoms with Crippen LogP contribution in [0.15, 0.2) is 66.7 Å². The lowest BCUT2D eigenvalue weighted by Gasteiger charge is -2.18. The molecule has 4 rings (SSSR count). The molecule has 1 aromatic heterocycles. The lowest BCUT2D eigenvalue weighted by Crippen LogP contribution is -2.24. The molecule has 0 aliphatic heterocycles. The third-order valence-electron chi connectivity index (χ3n) is 7.38. The van der Waals surface area contributed by atoms with Gasteiger partial charge in [0.15, 0.2) is 17.5 Å². The smallest absolute Gasteiger partial charge is 0.303 e. The van der Waals surface area contributed by atoms with Gasteiger partial charge in [-0.1, -0.05) is 57.0 Å². The summed E-state index contributed by atoms with van der Waals surface area (Å²) in [5.74, 6) is 0.492. The van der Waals surface area contributed by atoms with Gasteiger partial charge >= 0.3 is 11.9 Å². The average Bonchev–Trinajstić information content (AvgIpc) is 3.07. The number of aromatic nitrogens is 3.